The largest absolute Gasteiger partial charge is 0.501 e. The van der Waals surface area contributed by atoms with Gasteiger partial charge in [0.1, 0.15) is 0 Å². The number of rotatable bonds is 42. The van der Waals surface area contributed by atoms with Crippen molar-refractivity contribution in [1.82, 2.24) is 0 Å². The molecule has 0 radical (unpaired) electrons. The van der Waals surface area contributed by atoms with Gasteiger partial charge in [-0.3, -0.25) is 0 Å². The average molecular weight is 891 g/mol. The van der Waals surface area contributed by atoms with Crippen molar-refractivity contribution >= 4 is 0 Å². The van der Waals surface area contributed by atoms with Gasteiger partial charge in [-0.1, -0.05) is 158 Å². The molecular weight excluding hydrogens is 801 g/mol. The van der Waals surface area contributed by atoms with E-state index in [1.54, 1.807) is 0 Å². The van der Waals surface area contributed by atoms with E-state index >= 15 is 0 Å². The first-order valence-electron chi connectivity index (χ1n) is 25.5. The molecule has 0 bridgehead atoms. The number of hydrogen-bond acceptors (Lipinski definition) is 11. The third kappa shape index (κ3) is 19.9. The number of aromatic hydroxyl groups is 2. The van der Waals surface area contributed by atoms with Crippen LogP contribution in [0, 0.1) is 0 Å². The van der Waals surface area contributed by atoms with Crippen molar-refractivity contribution in [2.45, 2.75) is 209 Å². The highest BCUT2D eigenvalue weighted by atomic mass is 16.6. The highest BCUT2D eigenvalue weighted by molar-refractivity contribution is 5.77. The van der Waals surface area contributed by atoms with Crippen LogP contribution in [0.15, 0.2) is 0 Å². The Labute approximate surface area is 383 Å². The molecule has 0 aliphatic heterocycles. The molecule has 0 spiro atoms. The lowest BCUT2D eigenvalue weighted by Gasteiger charge is -2.27. The molecule has 0 unspecified atom stereocenters. The van der Waals surface area contributed by atoms with Crippen LogP contribution in [0.25, 0.3) is 0 Å². The van der Waals surface area contributed by atoms with Gasteiger partial charge >= 0.3 is 0 Å². The molecule has 2 aromatic carbocycles. The number of hydrogen-bond donors (Lipinski definition) is 2. The smallest absolute Gasteiger partial charge is 0.219 e. The number of benzene rings is 2. The predicted octanol–water partition coefficient (Wildman–Crippen LogP) is 15.4. The summed E-state index contributed by atoms with van der Waals surface area (Å²) in [5.41, 5.74) is 0. The number of ether oxygens (including phenoxy) is 9. The molecule has 2 rings (SSSR count). The van der Waals surface area contributed by atoms with Crippen LogP contribution in [0.5, 0.6) is 69.0 Å². The summed E-state index contributed by atoms with van der Waals surface area (Å²) in [6, 6.07) is 0. The summed E-state index contributed by atoms with van der Waals surface area (Å²) in [6.07, 6.45) is 21.9. The van der Waals surface area contributed by atoms with E-state index in [1.807, 2.05) is 0 Å². The molecule has 2 N–H and O–H groups in total. The molecule has 0 aromatic heterocycles. The quantitative estimate of drug-likeness (QED) is 0.0619. The standard InChI is InChI=1S/C52H90O11/c1-9-17-25-33-55-43-41(53)44(56-34-26-18-10-2)48(60-38-30-22-14-6)51(47(43)59-37-29-21-13-5)63-52-49(61-39-31-23-15-7)45(57-35-27-19-11-3)42(54)46(58-36-28-20-12-4)50(52)62-40-32-24-16-8/h53-54H,9-40H2,1-8H3. The van der Waals surface area contributed by atoms with Crippen LogP contribution in [0.4, 0.5) is 0 Å². The summed E-state index contributed by atoms with van der Waals surface area (Å²) in [6.45, 7) is 19.9. The van der Waals surface area contributed by atoms with E-state index in [9.17, 15) is 10.2 Å². The monoisotopic (exact) mass is 891 g/mol. The van der Waals surface area contributed by atoms with Crippen molar-refractivity contribution in [2.24, 2.45) is 0 Å². The van der Waals surface area contributed by atoms with Crippen LogP contribution in [-0.4, -0.2) is 63.1 Å². The maximum absolute atomic E-state index is 12.2. The second kappa shape index (κ2) is 35.6. The zero-order valence-corrected chi connectivity index (χ0v) is 41.2. The fourth-order valence-corrected chi connectivity index (χ4v) is 6.81. The summed E-state index contributed by atoms with van der Waals surface area (Å²) >= 11 is 0. The lowest BCUT2D eigenvalue weighted by Crippen LogP contribution is -2.12. The minimum atomic E-state index is -0.191. The summed E-state index contributed by atoms with van der Waals surface area (Å²) < 4.78 is 60.0. The van der Waals surface area contributed by atoms with Crippen molar-refractivity contribution in [3.8, 4) is 69.0 Å². The Morgan fingerprint density at radius 3 is 0.540 bits per heavy atom. The lowest BCUT2D eigenvalue weighted by atomic mass is 10.1. The zero-order valence-electron chi connectivity index (χ0n) is 41.2. The molecule has 11 heteroatoms. The summed E-state index contributed by atoms with van der Waals surface area (Å²) in [5, 5.41) is 24.4. The number of phenols is 2. The van der Waals surface area contributed by atoms with Gasteiger partial charge in [-0.15, -0.1) is 0 Å². The number of phenolic OH excluding ortho intramolecular Hbond substituents is 2. The van der Waals surface area contributed by atoms with Crippen LogP contribution >= 0.6 is 0 Å². The summed E-state index contributed by atoms with van der Waals surface area (Å²) in [7, 11) is 0. The minimum Gasteiger partial charge on any atom is -0.501 e. The van der Waals surface area contributed by atoms with Crippen molar-refractivity contribution in [1.29, 1.82) is 0 Å². The van der Waals surface area contributed by atoms with E-state index in [-0.39, 0.29) is 69.0 Å². The summed E-state index contributed by atoms with van der Waals surface area (Å²) in [4.78, 5) is 0. The molecule has 0 aliphatic carbocycles. The molecule has 0 saturated heterocycles. The Bertz CT molecular complexity index is 1260. The summed E-state index contributed by atoms with van der Waals surface area (Å²) in [5.74, 6) is 1.25. The van der Waals surface area contributed by atoms with E-state index < -0.39 is 0 Å². The molecule has 63 heavy (non-hydrogen) atoms. The molecule has 0 saturated carbocycles. The van der Waals surface area contributed by atoms with E-state index in [0.29, 0.717) is 52.9 Å². The first-order valence-corrected chi connectivity index (χ1v) is 25.5. The van der Waals surface area contributed by atoms with Crippen molar-refractivity contribution < 1.29 is 52.8 Å². The second-order valence-corrected chi connectivity index (χ2v) is 16.5. The van der Waals surface area contributed by atoms with Crippen LogP contribution in [0.2, 0.25) is 0 Å². The fraction of sp³-hybridized carbons (Fsp3) is 0.769. The first-order chi connectivity index (χ1) is 30.9. The number of unbranched alkanes of at least 4 members (excludes halogenated alkanes) is 16. The lowest BCUT2D eigenvalue weighted by molar-refractivity contribution is 0.200. The van der Waals surface area contributed by atoms with Crippen molar-refractivity contribution in [3.05, 3.63) is 0 Å². The highest BCUT2D eigenvalue weighted by Gasteiger charge is 2.36. The van der Waals surface area contributed by atoms with Gasteiger partial charge in [-0.05, 0) is 51.4 Å². The Morgan fingerprint density at radius 1 is 0.222 bits per heavy atom. The maximum Gasteiger partial charge on any atom is 0.219 e. The minimum absolute atomic E-state index is 0.130. The second-order valence-electron chi connectivity index (χ2n) is 16.5. The van der Waals surface area contributed by atoms with Crippen molar-refractivity contribution in [2.75, 3.05) is 52.9 Å². The van der Waals surface area contributed by atoms with Gasteiger partial charge in [-0.25, -0.2) is 0 Å². The predicted molar refractivity (Wildman–Crippen MR) is 256 cm³/mol. The van der Waals surface area contributed by atoms with Crippen LogP contribution < -0.4 is 42.6 Å². The maximum atomic E-state index is 12.2. The molecule has 11 nitrogen and oxygen atoms in total. The molecule has 0 amide bonds. The van der Waals surface area contributed by atoms with E-state index in [1.165, 1.54) is 0 Å². The van der Waals surface area contributed by atoms with Gasteiger partial charge in [-0.2, -0.15) is 0 Å². The molecule has 2 aromatic rings. The van der Waals surface area contributed by atoms with Crippen LogP contribution in [0.3, 0.4) is 0 Å². The van der Waals surface area contributed by atoms with Gasteiger partial charge in [0.25, 0.3) is 0 Å². The SMILES string of the molecule is CCCCCOc1c(O)c(OCCCCC)c(OCCCCC)c(Oc2c(OCCCCC)c(OCCCCC)c(O)c(OCCCCC)c2OCCCCC)c1OCCCCC. The van der Waals surface area contributed by atoms with E-state index in [0.717, 1.165) is 154 Å². The Kier molecular flexibility index (Phi) is 31.3. The Balaban J connectivity index is 3.22. The molecule has 0 heterocycles. The van der Waals surface area contributed by atoms with Crippen LogP contribution in [-0.2, 0) is 0 Å². The van der Waals surface area contributed by atoms with Gasteiger partial charge in [0.15, 0.2) is 0 Å². The van der Waals surface area contributed by atoms with Crippen LogP contribution in [0.1, 0.15) is 209 Å². The molecule has 364 valence electrons. The zero-order chi connectivity index (χ0) is 45.9. The van der Waals surface area contributed by atoms with Gasteiger partial charge in [0.2, 0.25) is 69.0 Å². The highest BCUT2D eigenvalue weighted by Crippen LogP contribution is 2.63. The van der Waals surface area contributed by atoms with E-state index in [2.05, 4.69) is 55.4 Å². The molecule has 0 fully saturated rings. The molecule has 0 atom stereocenters. The molecular formula is C52H90O11. The average Bonchev–Trinajstić information content (AvgIpc) is 3.28. The van der Waals surface area contributed by atoms with E-state index in [4.69, 9.17) is 42.6 Å². The molecule has 0 aliphatic rings. The topological polar surface area (TPSA) is 124 Å². The van der Waals surface area contributed by atoms with Gasteiger partial charge < -0.3 is 52.8 Å². The Hall–Kier alpha value is -3.76. The van der Waals surface area contributed by atoms with Gasteiger partial charge in [0.05, 0.1) is 52.9 Å². The third-order valence-corrected chi connectivity index (χ3v) is 10.7. The third-order valence-electron chi connectivity index (χ3n) is 10.7. The van der Waals surface area contributed by atoms with Crippen molar-refractivity contribution in [3.63, 3.8) is 0 Å². The fourth-order valence-electron chi connectivity index (χ4n) is 6.81. The van der Waals surface area contributed by atoms with Gasteiger partial charge in [0, 0.05) is 0 Å². The normalized spacial score (nSPS) is 11.1. The Morgan fingerprint density at radius 2 is 0.381 bits per heavy atom. The first kappa shape index (κ1) is 55.4.